The van der Waals surface area contributed by atoms with E-state index < -0.39 is 17.8 Å². The van der Waals surface area contributed by atoms with Crippen LogP contribution in [0.2, 0.25) is 0 Å². The Morgan fingerprint density at radius 3 is 2.74 bits per heavy atom. The summed E-state index contributed by atoms with van der Waals surface area (Å²) in [4.78, 5) is 37.2. The van der Waals surface area contributed by atoms with E-state index in [1.54, 1.807) is 20.8 Å². The van der Waals surface area contributed by atoms with Gasteiger partial charge in [-0.05, 0) is 39.7 Å². The Bertz CT molecular complexity index is 1130. The predicted octanol–water partition coefficient (Wildman–Crippen LogP) is 3.97. The zero-order valence-electron chi connectivity index (χ0n) is 19.5. The Kier molecular flexibility index (Phi) is 6.45. The Morgan fingerprint density at radius 2 is 1.97 bits per heavy atom. The number of furan rings is 1. The first kappa shape index (κ1) is 23.5. The van der Waals surface area contributed by atoms with Crippen LogP contribution in [0.4, 0.5) is 4.79 Å². The van der Waals surface area contributed by atoms with Crippen LogP contribution < -0.4 is 15.4 Å². The molecule has 0 saturated heterocycles. The molecule has 2 atom stereocenters. The first-order valence-corrected chi connectivity index (χ1v) is 11.4. The zero-order chi connectivity index (χ0) is 24.5. The first-order chi connectivity index (χ1) is 16.1. The molecule has 0 fully saturated rings. The van der Waals surface area contributed by atoms with Gasteiger partial charge < -0.3 is 19.2 Å². The maximum absolute atomic E-state index is 12.8. The average Bonchev–Trinajstić information content (AvgIpc) is 3.35. The number of benzene rings is 1. The smallest absolute Gasteiger partial charge is 0.413 e. The molecule has 0 saturated carbocycles. The molecule has 9 heteroatoms. The highest BCUT2D eigenvalue weighted by Crippen LogP contribution is 2.40. The van der Waals surface area contributed by atoms with Gasteiger partial charge in [-0.1, -0.05) is 18.2 Å². The third-order valence-corrected chi connectivity index (χ3v) is 5.80. The summed E-state index contributed by atoms with van der Waals surface area (Å²) in [5, 5.41) is 13.7. The molecule has 2 aromatic rings. The second-order valence-corrected chi connectivity index (χ2v) is 9.49. The second kappa shape index (κ2) is 9.32. The highest BCUT2D eigenvalue weighted by molar-refractivity contribution is 6.09. The van der Waals surface area contributed by atoms with Crippen LogP contribution in [0.5, 0.6) is 5.75 Å². The van der Waals surface area contributed by atoms with Gasteiger partial charge in [0.25, 0.3) is 5.91 Å². The molecule has 1 aromatic carbocycles. The van der Waals surface area contributed by atoms with Gasteiger partial charge in [0.05, 0.1) is 11.1 Å². The third kappa shape index (κ3) is 4.98. The lowest BCUT2D eigenvalue weighted by Gasteiger charge is -2.23. The van der Waals surface area contributed by atoms with Crippen molar-refractivity contribution >= 4 is 23.6 Å². The van der Waals surface area contributed by atoms with Crippen LogP contribution in [0.25, 0.3) is 0 Å². The van der Waals surface area contributed by atoms with Crippen LogP contribution in [-0.4, -0.2) is 41.9 Å². The minimum absolute atomic E-state index is 0.0694. The van der Waals surface area contributed by atoms with Gasteiger partial charge in [0.15, 0.2) is 11.9 Å². The highest BCUT2D eigenvalue weighted by atomic mass is 16.6. The quantitative estimate of drug-likeness (QED) is 0.451. The number of ether oxygens (including phenoxy) is 2. The van der Waals surface area contributed by atoms with Crippen LogP contribution in [0.1, 0.15) is 78.0 Å². The molecule has 3 N–H and O–H groups in total. The van der Waals surface area contributed by atoms with Crippen LogP contribution >= 0.6 is 0 Å². The van der Waals surface area contributed by atoms with E-state index >= 15 is 0 Å². The Balaban J connectivity index is 1.42. The molecule has 1 aliphatic heterocycles. The maximum atomic E-state index is 12.8. The van der Waals surface area contributed by atoms with Crippen molar-refractivity contribution in [2.75, 3.05) is 6.54 Å². The molecule has 2 heterocycles. The zero-order valence-corrected chi connectivity index (χ0v) is 19.5. The van der Waals surface area contributed by atoms with Crippen molar-refractivity contribution in [1.29, 1.82) is 5.41 Å². The van der Waals surface area contributed by atoms with Crippen molar-refractivity contribution in [3.63, 3.8) is 0 Å². The van der Waals surface area contributed by atoms with E-state index in [0.29, 0.717) is 36.3 Å². The molecule has 1 aliphatic carbocycles. The molecule has 2 aliphatic rings. The van der Waals surface area contributed by atoms with Gasteiger partial charge in [0.1, 0.15) is 29.2 Å². The standard InChI is InChI=1S/C25H29N3O6/c1-25(2,3)34-24(31)28-22(26)21-15(14-7-4-5-9-18(14)33-21)11-12-27-23(30)16-13-32-19-10-6-8-17(29)20(16)19/h4-5,7,9,13,15,21H,6,8,10-12H2,1-3H3,(H,27,30)(H2,26,28,31). The average molecular weight is 468 g/mol. The lowest BCUT2D eigenvalue weighted by molar-refractivity contribution is 0.0556. The van der Waals surface area contributed by atoms with Crippen LogP contribution in [-0.2, 0) is 11.2 Å². The maximum Gasteiger partial charge on any atom is 0.413 e. The summed E-state index contributed by atoms with van der Waals surface area (Å²) in [5.41, 5.74) is 0.854. The van der Waals surface area contributed by atoms with E-state index in [4.69, 9.17) is 19.3 Å². The SMILES string of the molecule is CC(C)(C)OC(=O)NC(=N)C1Oc2ccccc2C1CCNC(=O)c1coc2c1C(=O)CCC2. The fraction of sp³-hybridized carbons (Fsp3) is 0.440. The van der Waals surface area contributed by atoms with Crippen LogP contribution in [0.3, 0.4) is 0 Å². The number of para-hydroxylation sites is 1. The van der Waals surface area contributed by atoms with E-state index in [1.165, 1.54) is 6.26 Å². The fourth-order valence-electron chi connectivity index (χ4n) is 4.35. The molecular formula is C25H29N3O6. The minimum atomic E-state index is -0.731. The second-order valence-electron chi connectivity index (χ2n) is 9.49. The van der Waals surface area contributed by atoms with Gasteiger partial charge in [-0.15, -0.1) is 0 Å². The number of carbonyl (C=O) groups is 3. The molecule has 1 aromatic heterocycles. The molecule has 0 spiro atoms. The van der Waals surface area contributed by atoms with E-state index in [9.17, 15) is 14.4 Å². The van der Waals surface area contributed by atoms with Crippen molar-refractivity contribution in [3.8, 4) is 5.75 Å². The molecular weight excluding hydrogens is 438 g/mol. The fourth-order valence-corrected chi connectivity index (χ4v) is 4.35. The Hall–Kier alpha value is -3.62. The summed E-state index contributed by atoms with van der Waals surface area (Å²) in [7, 11) is 0. The minimum Gasteiger partial charge on any atom is -0.482 e. The summed E-state index contributed by atoms with van der Waals surface area (Å²) in [5.74, 6) is 0.386. The number of aryl methyl sites for hydroxylation is 1. The normalized spacial score (nSPS) is 19.0. The Labute approximate surface area is 197 Å². The van der Waals surface area contributed by atoms with Crippen molar-refractivity contribution in [2.45, 2.75) is 64.1 Å². The largest absolute Gasteiger partial charge is 0.482 e. The van der Waals surface area contributed by atoms with Gasteiger partial charge in [-0.2, -0.15) is 0 Å². The lowest BCUT2D eigenvalue weighted by atomic mass is 9.91. The number of nitrogens with one attached hydrogen (secondary N) is 3. The predicted molar refractivity (Wildman–Crippen MR) is 124 cm³/mol. The number of carbonyl (C=O) groups excluding carboxylic acids is 3. The number of hydrogen-bond acceptors (Lipinski definition) is 7. The monoisotopic (exact) mass is 467 g/mol. The number of ketones is 1. The van der Waals surface area contributed by atoms with Crippen molar-refractivity contribution in [3.05, 3.63) is 53.0 Å². The summed E-state index contributed by atoms with van der Waals surface area (Å²) in [6.45, 7) is 5.52. The van der Waals surface area contributed by atoms with Gasteiger partial charge in [-0.3, -0.25) is 20.3 Å². The van der Waals surface area contributed by atoms with Gasteiger partial charge >= 0.3 is 6.09 Å². The molecule has 0 radical (unpaired) electrons. The number of fused-ring (bicyclic) bond motifs is 2. The highest BCUT2D eigenvalue weighted by Gasteiger charge is 2.38. The summed E-state index contributed by atoms with van der Waals surface area (Å²) >= 11 is 0. The summed E-state index contributed by atoms with van der Waals surface area (Å²) in [6.07, 6.45) is 2.15. The number of Topliss-reactive ketones (excluding diaryl/α,β-unsaturated/α-hetero) is 1. The molecule has 9 nitrogen and oxygen atoms in total. The number of amides is 2. The number of amidine groups is 1. The summed E-state index contributed by atoms with van der Waals surface area (Å²) < 4.78 is 16.7. The van der Waals surface area contributed by atoms with Crippen molar-refractivity contribution in [2.24, 2.45) is 0 Å². The van der Waals surface area contributed by atoms with E-state index in [0.717, 1.165) is 12.0 Å². The molecule has 180 valence electrons. The topological polar surface area (TPSA) is 131 Å². The van der Waals surface area contributed by atoms with E-state index in [-0.39, 0.29) is 35.6 Å². The number of hydrogen-bond donors (Lipinski definition) is 3. The summed E-state index contributed by atoms with van der Waals surface area (Å²) in [6, 6.07) is 7.44. The molecule has 2 unspecified atom stereocenters. The molecule has 34 heavy (non-hydrogen) atoms. The number of alkyl carbamates (subject to hydrolysis) is 1. The van der Waals surface area contributed by atoms with Gasteiger partial charge in [0, 0.05) is 30.9 Å². The van der Waals surface area contributed by atoms with Crippen molar-refractivity contribution < 1.29 is 28.3 Å². The molecule has 2 amide bonds. The molecule has 0 bridgehead atoms. The first-order valence-electron chi connectivity index (χ1n) is 11.4. The van der Waals surface area contributed by atoms with Crippen LogP contribution in [0.15, 0.2) is 34.9 Å². The van der Waals surface area contributed by atoms with Crippen molar-refractivity contribution in [1.82, 2.24) is 10.6 Å². The number of rotatable bonds is 5. The third-order valence-electron chi connectivity index (χ3n) is 5.80. The molecule has 4 rings (SSSR count). The van der Waals surface area contributed by atoms with Crippen LogP contribution in [0, 0.1) is 5.41 Å². The Morgan fingerprint density at radius 1 is 1.21 bits per heavy atom. The van der Waals surface area contributed by atoms with E-state index in [2.05, 4.69) is 10.6 Å². The van der Waals surface area contributed by atoms with E-state index in [1.807, 2.05) is 24.3 Å². The lowest BCUT2D eigenvalue weighted by Crippen LogP contribution is -2.44. The van der Waals surface area contributed by atoms with Gasteiger partial charge in [-0.25, -0.2) is 4.79 Å². The van der Waals surface area contributed by atoms with Gasteiger partial charge in [0.2, 0.25) is 0 Å².